The molecule has 0 radical (unpaired) electrons. The number of benzene rings is 1. The van der Waals surface area contributed by atoms with E-state index in [4.69, 9.17) is 9.15 Å². The molecular formula is C24H24FN5O3. The van der Waals surface area contributed by atoms with Gasteiger partial charge in [0.1, 0.15) is 23.1 Å². The molecule has 8 nitrogen and oxygen atoms in total. The minimum absolute atomic E-state index is 0.00720. The van der Waals surface area contributed by atoms with Gasteiger partial charge in [0, 0.05) is 10.9 Å². The lowest BCUT2D eigenvalue weighted by molar-refractivity contribution is 0.0903. The van der Waals surface area contributed by atoms with E-state index in [2.05, 4.69) is 25.4 Å². The molecule has 3 atom stereocenters. The Morgan fingerprint density at radius 3 is 2.76 bits per heavy atom. The second-order valence-corrected chi connectivity index (χ2v) is 8.86. The Morgan fingerprint density at radius 2 is 1.97 bits per heavy atom. The van der Waals surface area contributed by atoms with E-state index >= 15 is 0 Å². The van der Waals surface area contributed by atoms with Gasteiger partial charge in [0.15, 0.2) is 11.6 Å². The third-order valence-electron chi connectivity index (χ3n) is 6.80. The average Bonchev–Trinajstić information content (AvgIpc) is 3.30. The number of rotatable bonds is 4. The highest BCUT2D eigenvalue weighted by Crippen LogP contribution is 2.41. The zero-order valence-electron chi connectivity index (χ0n) is 18.4. The van der Waals surface area contributed by atoms with E-state index in [0.717, 1.165) is 30.1 Å². The van der Waals surface area contributed by atoms with Crippen LogP contribution in [0.4, 0.5) is 15.9 Å². The fourth-order valence-electron chi connectivity index (χ4n) is 5.17. The normalized spacial score (nSPS) is 21.1. The van der Waals surface area contributed by atoms with Crippen molar-refractivity contribution < 1.29 is 18.7 Å². The molecule has 4 aromatic rings. The van der Waals surface area contributed by atoms with Crippen molar-refractivity contribution in [2.24, 2.45) is 0 Å². The van der Waals surface area contributed by atoms with Crippen molar-refractivity contribution in [1.82, 2.24) is 15.2 Å². The second-order valence-electron chi connectivity index (χ2n) is 8.86. The van der Waals surface area contributed by atoms with Crippen LogP contribution in [0.15, 0.2) is 34.9 Å². The van der Waals surface area contributed by atoms with Gasteiger partial charge in [0.05, 0.1) is 42.4 Å². The molecule has 170 valence electrons. The summed E-state index contributed by atoms with van der Waals surface area (Å²) in [6.07, 6.45) is 3.18. The molecule has 1 aromatic carbocycles. The Labute approximate surface area is 189 Å². The Balaban J connectivity index is 1.43. The van der Waals surface area contributed by atoms with Crippen LogP contribution in [-0.2, 0) is 4.74 Å². The number of aromatic nitrogens is 3. The summed E-state index contributed by atoms with van der Waals surface area (Å²) in [4.78, 5) is 6.74. The van der Waals surface area contributed by atoms with Gasteiger partial charge in [-0.3, -0.25) is 0 Å². The van der Waals surface area contributed by atoms with Crippen LogP contribution in [0.3, 0.4) is 0 Å². The summed E-state index contributed by atoms with van der Waals surface area (Å²) < 4.78 is 25.2. The fourth-order valence-corrected chi connectivity index (χ4v) is 5.17. The summed E-state index contributed by atoms with van der Waals surface area (Å²) in [6.45, 7) is 5.07. The topological polar surface area (TPSA) is 96.5 Å². The number of halogens is 1. The molecule has 2 N–H and O–H groups in total. The zero-order chi connectivity index (χ0) is 22.7. The van der Waals surface area contributed by atoms with E-state index in [1.54, 1.807) is 12.1 Å². The van der Waals surface area contributed by atoms with Gasteiger partial charge in [-0.15, -0.1) is 5.10 Å². The number of para-hydroxylation sites is 1. The number of nitrogens with one attached hydrogen (secondary N) is 1. The Bertz CT molecular complexity index is 1360. The molecule has 3 aromatic heterocycles. The quantitative estimate of drug-likeness (QED) is 0.471. The number of nitrogens with zero attached hydrogens (tertiary/aromatic N) is 4. The maximum absolute atomic E-state index is 14.0. The third-order valence-corrected chi connectivity index (χ3v) is 6.80. The van der Waals surface area contributed by atoms with Gasteiger partial charge in [0.25, 0.3) is 0 Å². The van der Waals surface area contributed by atoms with E-state index in [9.17, 15) is 9.50 Å². The van der Waals surface area contributed by atoms with Gasteiger partial charge in [-0.05, 0) is 38.8 Å². The fraction of sp³-hybridized carbons (Fsp3) is 0.375. The van der Waals surface area contributed by atoms with Crippen LogP contribution < -0.4 is 10.2 Å². The van der Waals surface area contributed by atoms with E-state index in [0.29, 0.717) is 46.9 Å². The van der Waals surface area contributed by atoms with Crippen molar-refractivity contribution in [2.45, 2.75) is 44.8 Å². The van der Waals surface area contributed by atoms with Crippen molar-refractivity contribution >= 4 is 33.4 Å². The minimum atomic E-state index is -0.385. The third kappa shape index (κ3) is 3.18. The molecule has 0 saturated carbocycles. The highest BCUT2D eigenvalue weighted by atomic mass is 19.1. The molecular weight excluding hydrogens is 425 g/mol. The maximum Gasteiger partial charge on any atom is 0.235 e. The maximum atomic E-state index is 14.0. The highest BCUT2D eigenvalue weighted by molar-refractivity contribution is 5.94. The van der Waals surface area contributed by atoms with Gasteiger partial charge in [-0.1, -0.05) is 12.1 Å². The predicted molar refractivity (Wildman–Crippen MR) is 122 cm³/mol. The monoisotopic (exact) mass is 449 g/mol. The molecule has 6 rings (SSSR count). The van der Waals surface area contributed by atoms with Crippen LogP contribution in [0, 0.1) is 12.7 Å². The van der Waals surface area contributed by atoms with E-state index in [-0.39, 0.29) is 29.8 Å². The molecule has 2 aliphatic rings. The Morgan fingerprint density at radius 1 is 1.18 bits per heavy atom. The largest absolute Gasteiger partial charge is 0.492 e. The van der Waals surface area contributed by atoms with Crippen molar-refractivity contribution in [2.75, 3.05) is 23.4 Å². The lowest BCUT2D eigenvalue weighted by Gasteiger charge is -2.36. The van der Waals surface area contributed by atoms with Crippen LogP contribution in [0.2, 0.25) is 0 Å². The Kier molecular flexibility index (Phi) is 4.62. The molecule has 33 heavy (non-hydrogen) atoms. The smallest absolute Gasteiger partial charge is 0.235 e. The standard InChI is InChI=1S/C24H24FN5O3/c1-12(16-4-3-5-17-19(25)11-33-22(16)17)26-23-18-8-20(24(31)27-21(18)13(2)28-29-23)30-14-6-7-15(30)10-32-9-14/h3-5,8,11-12,14-15H,6-7,9-10H2,1-2H3,(H,26,29)(H,27,31)/t12-,14?,15?/m1/s1. The Hall–Kier alpha value is -3.46. The van der Waals surface area contributed by atoms with Crippen molar-refractivity contribution in [3.63, 3.8) is 0 Å². The number of hydrogen-bond acceptors (Lipinski definition) is 8. The highest BCUT2D eigenvalue weighted by Gasteiger charge is 2.39. The number of hydrogen-bond donors (Lipinski definition) is 2. The number of furan rings is 1. The van der Waals surface area contributed by atoms with Crippen LogP contribution >= 0.6 is 0 Å². The first-order valence-electron chi connectivity index (χ1n) is 11.2. The minimum Gasteiger partial charge on any atom is -0.492 e. The average molecular weight is 449 g/mol. The SMILES string of the molecule is Cc1nnc(N[C@H](C)c2cccc3c(F)coc23)c2cc(N3C4CCC3COC4)c(O)nc12. The van der Waals surface area contributed by atoms with E-state index in [1.165, 1.54) is 0 Å². The summed E-state index contributed by atoms with van der Waals surface area (Å²) >= 11 is 0. The van der Waals surface area contributed by atoms with Gasteiger partial charge < -0.3 is 24.5 Å². The van der Waals surface area contributed by atoms with Crippen LogP contribution in [-0.4, -0.2) is 45.6 Å². The van der Waals surface area contributed by atoms with Gasteiger partial charge in [-0.2, -0.15) is 5.10 Å². The number of fused-ring (bicyclic) bond motifs is 4. The molecule has 2 unspecified atom stereocenters. The number of aryl methyl sites for hydroxylation is 1. The molecule has 9 heteroatoms. The summed E-state index contributed by atoms with van der Waals surface area (Å²) in [5.41, 5.74) is 3.22. The second kappa shape index (κ2) is 7.55. The molecule has 0 amide bonds. The predicted octanol–water partition coefficient (Wildman–Crippen LogP) is 4.46. The van der Waals surface area contributed by atoms with Crippen LogP contribution in [0.5, 0.6) is 5.88 Å². The summed E-state index contributed by atoms with van der Waals surface area (Å²) in [7, 11) is 0. The van der Waals surface area contributed by atoms with Crippen molar-refractivity contribution in [3.8, 4) is 5.88 Å². The van der Waals surface area contributed by atoms with Gasteiger partial charge in [0.2, 0.25) is 5.88 Å². The molecule has 2 fully saturated rings. The molecule has 5 heterocycles. The number of aromatic hydroxyl groups is 1. The molecule has 2 aliphatic heterocycles. The van der Waals surface area contributed by atoms with Crippen LogP contribution in [0.1, 0.15) is 37.1 Å². The first kappa shape index (κ1) is 20.2. The lowest BCUT2D eigenvalue weighted by atomic mass is 10.1. The summed E-state index contributed by atoms with van der Waals surface area (Å²) in [6, 6.07) is 7.56. The van der Waals surface area contributed by atoms with Crippen molar-refractivity contribution in [1.29, 1.82) is 0 Å². The van der Waals surface area contributed by atoms with Gasteiger partial charge in [-0.25, -0.2) is 9.37 Å². The van der Waals surface area contributed by atoms with E-state index < -0.39 is 0 Å². The van der Waals surface area contributed by atoms with Crippen LogP contribution in [0.25, 0.3) is 21.9 Å². The lowest BCUT2D eigenvalue weighted by Crippen LogP contribution is -2.46. The number of morpholine rings is 1. The molecule has 2 saturated heterocycles. The number of pyridine rings is 1. The molecule has 0 aliphatic carbocycles. The van der Waals surface area contributed by atoms with E-state index in [1.807, 2.05) is 26.0 Å². The number of anilines is 2. The summed E-state index contributed by atoms with van der Waals surface area (Å²) in [5.74, 6) is 0.151. The number of ether oxygens (including phenoxy) is 1. The molecule has 2 bridgehead atoms. The first-order chi connectivity index (χ1) is 16.0. The van der Waals surface area contributed by atoms with Gasteiger partial charge >= 0.3 is 0 Å². The zero-order valence-corrected chi connectivity index (χ0v) is 18.4. The first-order valence-corrected chi connectivity index (χ1v) is 11.2. The molecule has 0 spiro atoms. The summed E-state index contributed by atoms with van der Waals surface area (Å²) in [5, 5.41) is 24.1. The van der Waals surface area contributed by atoms with Crippen molar-refractivity contribution in [3.05, 3.63) is 47.6 Å².